The molecule has 1 heterocycles. The van der Waals surface area contributed by atoms with Crippen molar-refractivity contribution in [3.05, 3.63) is 113 Å². The van der Waals surface area contributed by atoms with Gasteiger partial charge in [-0.2, -0.15) is 0 Å². The summed E-state index contributed by atoms with van der Waals surface area (Å²) < 4.78 is 26.9. The van der Waals surface area contributed by atoms with Gasteiger partial charge in [0.2, 0.25) is 5.91 Å². The smallest absolute Gasteiger partial charge is 0.237 e. The van der Waals surface area contributed by atoms with Crippen molar-refractivity contribution < 1.29 is 13.6 Å². The molecule has 0 radical (unpaired) electrons. The summed E-state index contributed by atoms with van der Waals surface area (Å²) in [6.45, 7) is 2.07. The number of piperazine rings is 1. The van der Waals surface area contributed by atoms with Gasteiger partial charge in [-0.15, -0.1) is 0 Å². The van der Waals surface area contributed by atoms with Gasteiger partial charge in [0, 0.05) is 19.6 Å². The molecule has 0 atom stereocenters. The standard InChI is InChI=1S/C26H24F2N2O/c27-23-12-8-21(9-13-23)26(22-10-14-24(28)15-11-22)30-18-17-29(25(31)19-30)16-4-7-20-5-2-1-3-6-20/h1-15,26H,16-19H2/b7-4+. The van der Waals surface area contributed by atoms with Crippen molar-refractivity contribution >= 4 is 12.0 Å². The van der Waals surface area contributed by atoms with E-state index in [9.17, 15) is 13.6 Å². The summed E-state index contributed by atoms with van der Waals surface area (Å²) in [5, 5.41) is 0. The number of benzene rings is 3. The summed E-state index contributed by atoms with van der Waals surface area (Å²) in [7, 11) is 0. The van der Waals surface area contributed by atoms with E-state index in [0.29, 0.717) is 19.6 Å². The molecule has 158 valence electrons. The normalized spacial score (nSPS) is 15.2. The zero-order valence-electron chi connectivity index (χ0n) is 17.1. The zero-order chi connectivity index (χ0) is 21.6. The van der Waals surface area contributed by atoms with E-state index in [4.69, 9.17) is 0 Å². The molecule has 1 saturated heterocycles. The van der Waals surface area contributed by atoms with Gasteiger partial charge in [-0.05, 0) is 41.0 Å². The van der Waals surface area contributed by atoms with E-state index in [-0.39, 0.29) is 30.1 Å². The third-order valence-corrected chi connectivity index (χ3v) is 5.52. The van der Waals surface area contributed by atoms with Crippen molar-refractivity contribution in [1.29, 1.82) is 0 Å². The number of amides is 1. The number of hydrogen-bond acceptors (Lipinski definition) is 2. The van der Waals surface area contributed by atoms with E-state index < -0.39 is 0 Å². The van der Waals surface area contributed by atoms with Crippen molar-refractivity contribution in [3.63, 3.8) is 0 Å². The molecule has 5 heteroatoms. The molecule has 0 bridgehead atoms. The average molecular weight is 418 g/mol. The van der Waals surface area contributed by atoms with E-state index in [1.54, 1.807) is 24.3 Å². The minimum atomic E-state index is -0.312. The summed E-state index contributed by atoms with van der Waals surface area (Å²) in [5.41, 5.74) is 2.85. The number of rotatable bonds is 6. The van der Waals surface area contributed by atoms with Gasteiger partial charge >= 0.3 is 0 Å². The van der Waals surface area contributed by atoms with Crippen molar-refractivity contribution in [2.75, 3.05) is 26.2 Å². The van der Waals surface area contributed by atoms with Crippen LogP contribution in [0.15, 0.2) is 84.9 Å². The lowest BCUT2D eigenvalue weighted by atomic mass is 9.96. The van der Waals surface area contributed by atoms with Crippen molar-refractivity contribution in [2.24, 2.45) is 0 Å². The van der Waals surface area contributed by atoms with Crippen molar-refractivity contribution in [3.8, 4) is 0 Å². The molecular weight excluding hydrogens is 394 g/mol. The minimum absolute atomic E-state index is 0.0400. The largest absolute Gasteiger partial charge is 0.337 e. The Kier molecular flexibility index (Phi) is 6.53. The third-order valence-electron chi connectivity index (χ3n) is 5.52. The number of nitrogens with zero attached hydrogens (tertiary/aromatic N) is 2. The van der Waals surface area contributed by atoms with Crippen LogP contribution in [-0.4, -0.2) is 41.9 Å². The lowest BCUT2D eigenvalue weighted by Gasteiger charge is -2.39. The first kappa shape index (κ1) is 20.9. The Morgan fingerprint density at radius 2 is 1.39 bits per heavy atom. The van der Waals surface area contributed by atoms with Crippen LogP contribution in [0.3, 0.4) is 0 Å². The monoisotopic (exact) mass is 418 g/mol. The molecule has 3 aromatic carbocycles. The summed E-state index contributed by atoms with van der Waals surface area (Å²) >= 11 is 0. The minimum Gasteiger partial charge on any atom is -0.337 e. The van der Waals surface area contributed by atoms with Gasteiger partial charge in [0.1, 0.15) is 11.6 Å². The highest BCUT2D eigenvalue weighted by molar-refractivity contribution is 5.79. The number of carbonyl (C=O) groups excluding carboxylic acids is 1. The topological polar surface area (TPSA) is 23.6 Å². The molecule has 0 unspecified atom stereocenters. The van der Waals surface area contributed by atoms with Gasteiger partial charge in [0.15, 0.2) is 0 Å². The molecule has 1 aliphatic rings. The predicted molar refractivity (Wildman–Crippen MR) is 118 cm³/mol. The number of halogens is 2. The van der Waals surface area contributed by atoms with Gasteiger partial charge in [-0.3, -0.25) is 9.69 Å². The first-order valence-corrected chi connectivity index (χ1v) is 10.3. The second-order valence-electron chi connectivity index (χ2n) is 7.63. The fourth-order valence-electron chi connectivity index (χ4n) is 3.92. The lowest BCUT2D eigenvalue weighted by molar-refractivity contribution is -0.136. The summed E-state index contributed by atoms with van der Waals surface area (Å²) in [4.78, 5) is 16.8. The van der Waals surface area contributed by atoms with Gasteiger partial charge in [0.05, 0.1) is 12.6 Å². The average Bonchev–Trinajstić information content (AvgIpc) is 2.79. The van der Waals surface area contributed by atoms with Crippen LogP contribution in [0, 0.1) is 11.6 Å². The van der Waals surface area contributed by atoms with Crippen LogP contribution in [0.2, 0.25) is 0 Å². The van der Waals surface area contributed by atoms with Crippen LogP contribution in [0.4, 0.5) is 8.78 Å². The molecule has 0 N–H and O–H groups in total. The van der Waals surface area contributed by atoms with Crippen LogP contribution in [0.5, 0.6) is 0 Å². The molecule has 1 amide bonds. The molecule has 4 rings (SSSR count). The highest BCUT2D eigenvalue weighted by Gasteiger charge is 2.30. The molecule has 1 fully saturated rings. The second-order valence-corrected chi connectivity index (χ2v) is 7.63. The van der Waals surface area contributed by atoms with E-state index in [2.05, 4.69) is 4.90 Å². The van der Waals surface area contributed by atoms with Gasteiger partial charge in [0.25, 0.3) is 0 Å². The zero-order valence-corrected chi connectivity index (χ0v) is 17.1. The first-order valence-electron chi connectivity index (χ1n) is 10.3. The fourth-order valence-corrected chi connectivity index (χ4v) is 3.92. The maximum Gasteiger partial charge on any atom is 0.237 e. The molecule has 3 aromatic rings. The molecule has 0 aliphatic carbocycles. The number of hydrogen-bond donors (Lipinski definition) is 0. The van der Waals surface area contributed by atoms with Crippen LogP contribution in [0.25, 0.3) is 6.08 Å². The van der Waals surface area contributed by atoms with Crippen LogP contribution >= 0.6 is 0 Å². The Labute approximate surface area is 181 Å². The molecule has 31 heavy (non-hydrogen) atoms. The molecule has 1 aliphatic heterocycles. The summed E-state index contributed by atoms with van der Waals surface area (Å²) in [5.74, 6) is -0.585. The van der Waals surface area contributed by atoms with E-state index in [1.165, 1.54) is 24.3 Å². The lowest BCUT2D eigenvalue weighted by Crippen LogP contribution is -2.51. The maximum absolute atomic E-state index is 13.5. The molecule has 0 spiro atoms. The molecule has 3 nitrogen and oxygen atoms in total. The SMILES string of the molecule is O=C1CN(C(c2ccc(F)cc2)c2ccc(F)cc2)CCN1C/C=C/c1ccccc1. The fraction of sp³-hybridized carbons (Fsp3) is 0.192. The Hall–Kier alpha value is -3.31. The Morgan fingerprint density at radius 3 is 1.94 bits per heavy atom. The maximum atomic E-state index is 13.5. The van der Waals surface area contributed by atoms with Crippen LogP contribution in [0.1, 0.15) is 22.7 Å². The molecule has 0 saturated carbocycles. The number of carbonyl (C=O) groups is 1. The highest BCUT2D eigenvalue weighted by Crippen LogP contribution is 2.30. The van der Waals surface area contributed by atoms with Gasteiger partial charge in [-0.1, -0.05) is 66.7 Å². The van der Waals surface area contributed by atoms with Gasteiger partial charge < -0.3 is 4.90 Å². The van der Waals surface area contributed by atoms with Crippen molar-refractivity contribution in [1.82, 2.24) is 9.80 Å². The molecular formula is C26H24F2N2O. The first-order chi connectivity index (χ1) is 15.1. The van der Waals surface area contributed by atoms with Gasteiger partial charge in [-0.25, -0.2) is 8.78 Å². The third kappa shape index (κ3) is 5.25. The van der Waals surface area contributed by atoms with E-state index >= 15 is 0 Å². The van der Waals surface area contributed by atoms with Crippen molar-refractivity contribution in [2.45, 2.75) is 6.04 Å². The highest BCUT2D eigenvalue weighted by atomic mass is 19.1. The quantitative estimate of drug-likeness (QED) is 0.568. The second kappa shape index (κ2) is 9.67. The molecule has 0 aromatic heterocycles. The summed E-state index contributed by atoms with van der Waals surface area (Å²) in [6.07, 6.45) is 4.01. The Morgan fingerprint density at radius 1 is 0.806 bits per heavy atom. The Balaban J connectivity index is 1.48. The summed E-state index contributed by atoms with van der Waals surface area (Å²) in [6, 6.07) is 22.3. The Bertz CT molecular complexity index is 988. The van der Waals surface area contributed by atoms with E-state index in [0.717, 1.165) is 16.7 Å². The predicted octanol–water partition coefficient (Wildman–Crippen LogP) is 4.91. The van der Waals surface area contributed by atoms with E-state index in [1.807, 2.05) is 47.4 Å². The van der Waals surface area contributed by atoms with Crippen LogP contribution in [-0.2, 0) is 4.79 Å². The van der Waals surface area contributed by atoms with Crippen LogP contribution < -0.4 is 0 Å².